The molecule has 2 heterocycles. The van der Waals surface area contributed by atoms with Gasteiger partial charge >= 0.3 is 0 Å². The number of rotatable bonds is 7. The van der Waals surface area contributed by atoms with Crippen LogP contribution in [0.15, 0.2) is 27.8 Å². The summed E-state index contributed by atoms with van der Waals surface area (Å²) in [6, 6.07) is 4.57. The third-order valence-corrected chi connectivity index (χ3v) is 4.34. The lowest BCUT2D eigenvalue weighted by molar-refractivity contribution is 0.167. The number of aliphatic imine (C=N–C) groups is 1. The second kappa shape index (κ2) is 11.7. The molecule has 0 aromatic carbocycles. The fourth-order valence-electron chi connectivity index (χ4n) is 2.92. The Kier molecular flexibility index (Phi) is 10.3. The van der Waals surface area contributed by atoms with Gasteiger partial charge in [0.05, 0.1) is 6.26 Å². The zero-order valence-electron chi connectivity index (χ0n) is 14.4. The largest absolute Gasteiger partial charge is 0.469 e. The molecule has 23 heavy (non-hydrogen) atoms. The molecule has 6 heteroatoms. The summed E-state index contributed by atoms with van der Waals surface area (Å²) in [5, 5.41) is 6.73. The van der Waals surface area contributed by atoms with E-state index in [1.807, 2.05) is 19.2 Å². The van der Waals surface area contributed by atoms with Gasteiger partial charge in [0.25, 0.3) is 0 Å². The Morgan fingerprint density at radius 2 is 2.00 bits per heavy atom. The Morgan fingerprint density at radius 3 is 2.65 bits per heavy atom. The molecule has 132 valence electrons. The number of hydrogen-bond donors (Lipinski definition) is 2. The Balaban J connectivity index is 0.00000264. The SMILES string of the molecule is CN=C(NCCc1ccco1)NCCC(C)N1CCCCC1.I. The molecule has 0 radical (unpaired) electrons. The van der Waals surface area contributed by atoms with Gasteiger partial charge in [0.1, 0.15) is 5.76 Å². The Hall–Kier alpha value is -0.760. The topological polar surface area (TPSA) is 52.8 Å². The highest BCUT2D eigenvalue weighted by Gasteiger charge is 2.16. The molecule has 1 aromatic heterocycles. The molecule has 2 rings (SSSR count). The summed E-state index contributed by atoms with van der Waals surface area (Å²) in [5.74, 6) is 1.87. The van der Waals surface area contributed by atoms with Crippen molar-refractivity contribution in [3.05, 3.63) is 24.2 Å². The minimum atomic E-state index is 0. The number of furan rings is 1. The number of guanidine groups is 1. The summed E-state index contributed by atoms with van der Waals surface area (Å²) in [7, 11) is 1.82. The molecule has 2 N–H and O–H groups in total. The molecule has 1 fully saturated rings. The molecule has 1 atom stereocenters. The molecule has 1 aliphatic heterocycles. The summed E-state index contributed by atoms with van der Waals surface area (Å²) in [6.07, 6.45) is 7.84. The smallest absolute Gasteiger partial charge is 0.190 e. The second-order valence-corrected chi connectivity index (χ2v) is 5.99. The third-order valence-electron chi connectivity index (χ3n) is 4.34. The van der Waals surface area contributed by atoms with E-state index in [1.54, 1.807) is 6.26 Å². The molecule has 5 nitrogen and oxygen atoms in total. The summed E-state index contributed by atoms with van der Waals surface area (Å²) < 4.78 is 5.32. The average Bonchev–Trinajstić information content (AvgIpc) is 3.07. The Labute approximate surface area is 157 Å². The van der Waals surface area contributed by atoms with Gasteiger partial charge in [0, 0.05) is 32.6 Å². The van der Waals surface area contributed by atoms with Gasteiger partial charge in [-0.25, -0.2) is 0 Å². The van der Waals surface area contributed by atoms with Crippen LogP contribution in [0.5, 0.6) is 0 Å². The van der Waals surface area contributed by atoms with Gasteiger partial charge in [0.2, 0.25) is 0 Å². The normalized spacial score (nSPS) is 17.4. The lowest BCUT2D eigenvalue weighted by Gasteiger charge is -2.32. The molecule has 1 saturated heterocycles. The van der Waals surface area contributed by atoms with Crippen molar-refractivity contribution in [1.29, 1.82) is 0 Å². The summed E-state index contributed by atoms with van der Waals surface area (Å²) >= 11 is 0. The molecular weight excluding hydrogens is 403 g/mol. The van der Waals surface area contributed by atoms with E-state index in [2.05, 4.69) is 27.4 Å². The van der Waals surface area contributed by atoms with E-state index in [0.717, 1.165) is 37.7 Å². The lowest BCUT2D eigenvalue weighted by Crippen LogP contribution is -2.42. The quantitative estimate of drug-likeness (QED) is 0.394. The van der Waals surface area contributed by atoms with Gasteiger partial charge in [0.15, 0.2) is 5.96 Å². The van der Waals surface area contributed by atoms with E-state index in [1.165, 1.54) is 32.4 Å². The van der Waals surface area contributed by atoms with Crippen molar-refractivity contribution >= 4 is 29.9 Å². The van der Waals surface area contributed by atoms with Crippen molar-refractivity contribution in [1.82, 2.24) is 15.5 Å². The van der Waals surface area contributed by atoms with E-state index in [9.17, 15) is 0 Å². The van der Waals surface area contributed by atoms with Crippen molar-refractivity contribution in [2.24, 2.45) is 4.99 Å². The first kappa shape index (κ1) is 20.3. The standard InChI is InChI=1S/C17H30N4O.HI/c1-15(21-12-4-3-5-13-21)8-10-19-17(18-2)20-11-9-16-7-6-14-22-16;/h6-7,14-15H,3-5,8-13H2,1-2H3,(H2,18,19,20);1H. The van der Waals surface area contributed by atoms with E-state index in [-0.39, 0.29) is 24.0 Å². The Morgan fingerprint density at radius 1 is 1.26 bits per heavy atom. The third kappa shape index (κ3) is 7.56. The highest BCUT2D eigenvalue weighted by Crippen LogP contribution is 2.13. The minimum absolute atomic E-state index is 0. The fourth-order valence-corrected chi connectivity index (χ4v) is 2.92. The average molecular weight is 434 g/mol. The first-order valence-corrected chi connectivity index (χ1v) is 8.50. The molecule has 1 aliphatic rings. The van der Waals surface area contributed by atoms with Gasteiger partial charge < -0.3 is 20.0 Å². The number of piperidine rings is 1. The molecular formula is C17H31IN4O. The number of halogens is 1. The highest BCUT2D eigenvalue weighted by molar-refractivity contribution is 14.0. The van der Waals surface area contributed by atoms with Crippen molar-refractivity contribution in [3.8, 4) is 0 Å². The zero-order chi connectivity index (χ0) is 15.6. The first-order chi connectivity index (χ1) is 10.8. The molecule has 0 saturated carbocycles. The van der Waals surface area contributed by atoms with E-state index < -0.39 is 0 Å². The van der Waals surface area contributed by atoms with Crippen LogP contribution in [0, 0.1) is 0 Å². The lowest BCUT2D eigenvalue weighted by atomic mass is 10.1. The van der Waals surface area contributed by atoms with Crippen LogP contribution in [-0.2, 0) is 6.42 Å². The van der Waals surface area contributed by atoms with Crippen molar-refractivity contribution in [2.45, 2.75) is 45.1 Å². The van der Waals surface area contributed by atoms with Crippen molar-refractivity contribution in [3.63, 3.8) is 0 Å². The fraction of sp³-hybridized carbons (Fsp3) is 0.706. The van der Waals surface area contributed by atoms with Crippen molar-refractivity contribution < 1.29 is 4.42 Å². The van der Waals surface area contributed by atoms with Gasteiger partial charge in [-0.05, 0) is 51.4 Å². The molecule has 1 unspecified atom stereocenters. The first-order valence-electron chi connectivity index (χ1n) is 8.50. The Bertz CT molecular complexity index is 430. The molecule has 0 amide bonds. The van der Waals surface area contributed by atoms with Gasteiger partial charge in [-0.2, -0.15) is 0 Å². The molecule has 0 bridgehead atoms. The van der Waals surface area contributed by atoms with Crippen LogP contribution in [-0.4, -0.2) is 50.1 Å². The van der Waals surface area contributed by atoms with Gasteiger partial charge in [-0.1, -0.05) is 6.42 Å². The van der Waals surface area contributed by atoms with Crippen LogP contribution < -0.4 is 10.6 Å². The predicted octanol–water partition coefficient (Wildman–Crippen LogP) is 2.87. The van der Waals surface area contributed by atoms with E-state index in [4.69, 9.17) is 4.42 Å². The predicted molar refractivity (Wildman–Crippen MR) is 107 cm³/mol. The number of nitrogens with one attached hydrogen (secondary N) is 2. The highest BCUT2D eigenvalue weighted by atomic mass is 127. The van der Waals surface area contributed by atoms with Gasteiger partial charge in [-0.15, -0.1) is 24.0 Å². The second-order valence-electron chi connectivity index (χ2n) is 5.99. The van der Waals surface area contributed by atoms with Gasteiger partial charge in [-0.3, -0.25) is 4.99 Å². The van der Waals surface area contributed by atoms with E-state index in [0.29, 0.717) is 6.04 Å². The molecule has 0 aliphatic carbocycles. The van der Waals surface area contributed by atoms with Crippen LogP contribution in [0.4, 0.5) is 0 Å². The zero-order valence-corrected chi connectivity index (χ0v) is 16.7. The maximum atomic E-state index is 5.32. The van der Waals surface area contributed by atoms with Crippen LogP contribution >= 0.6 is 24.0 Å². The van der Waals surface area contributed by atoms with Crippen LogP contribution in [0.1, 0.15) is 38.4 Å². The summed E-state index contributed by atoms with van der Waals surface area (Å²) in [4.78, 5) is 6.88. The summed E-state index contributed by atoms with van der Waals surface area (Å²) in [5.41, 5.74) is 0. The van der Waals surface area contributed by atoms with Crippen LogP contribution in [0.3, 0.4) is 0 Å². The van der Waals surface area contributed by atoms with Crippen LogP contribution in [0.2, 0.25) is 0 Å². The monoisotopic (exact) mass is 434 g/mol. The summed E-state index contributed by atoms with van der Waals surface area (Å²) in [6.45, 7) is 6.64. The number of nitrogens with zero attached hydrogens (tertiary/aromatic N) is 2. The van der Waals surface area contributed by atoms with E-state index >= 15 is 0 Å². The minimum Gasteiger partial charge on any atom is -0.469 e. The maximum Gasteiger partial charge on any atom is 0.190 e. The number of hydrogen-bond acceptors (Lipinski definition) is 3. The van der Waals surface area contributed by atoms with Crippen LogP contribution in [0.25, 0.3) is 0 Å². The maximum absolute atomic E-state index is 5.32. The number of likely N-dealkylation sites (tertiary alicyclic amines) is 1. The molecule has 1 aromatic rings. The molecule has 0 spiro atoms. The van der Waals surface area contributed by atoms with Crippen molar-refractivity contribution in [2.75, 3.05) is 33.2 Å².